The molecule has 0 fully saturated rings. The summed E-state index contributed by atoms with van der Waals surface area (Å²) in [5.41, 5.74) is 1.06. The molecule has 0 aliphatic heterocycles. The summed E-state index contributed by atoms with van der Waals surface area (Å²) >= 11 is 2.25. The number of hydrogen-bond acceptors (Lipinski definition) is 2. The minimum absolute atomic E-state index is 0. The van der Waals surface area contributed by atoms with E-state index in [0.29, 0.717) is 13.0 Å². The van der Waals surface area contributed by atoms with Gasteiger partial charge in [-0.3, -0.25) is 4.79 Å². The highest BCUT2D eigenvalue weighted by Gasteiger charge is 2.02. The van der Waals surface area contributed by atoms with Crippen molar-refractivity contribution in [2.24, 2.45) is 0 Å². The van der Waals surface area contributed by atoms with Crippen LogP contribution in [0, 0.1) is 3.57 Å². The molecule has 2 N–H and O–H groups in total. The Morgan fingerprint density at radius 2 is 2.12 bits per heavy atom. The van der Waals surface area contributed by atoms with Crippen molar-refractivity contribution < 1.29 is 4.79 Å². The molecule has 1 rings (SSSR count). The zero-order chi connectivity index (χ0) is 11.1. The molecule has 0 bridgehead atoms. The van der Waals surface area contributed by atoms with Gasteiger partial charge in [-0.05, 0) is 47.3 Å². The fourth-order valence-corrected chi connectivity index (χ4v) is 1.83. The van der Waals surface area contributed by atoms with Gasteiger partial charge in [-0.25, -0.2) is 0 Å². The normalized spacial score (nSPS) is 9.38. The molecule has 0 aromatic heterocycles. The van der Waals surface area contributed by atoms with Crippen LogP contribution >= 0.6 is 35.0 Å². The molecule has 0 aliphatic rings. The molecule has 0 heterocycles. The van der Waals surface area contributed by atoms with Crippen LogP contribution in [0.1, 0.15) is 5.56 Å². The van der Waals surface area contributed by atoms with Gasteiger partial charge in [0.1, 0.15) is 0 Å². The second-order valence-electron chi connectivity index (χ2n) is 3.26. The average molecular weight is 355 g/mol. The van der Waals surface area contributed by atoms with Crippen molar-refractivity contribution in [3.05, 3.63) is 33.4 Å². The summed E-state index contributed by atoms with van der Waals surface area (Å²) in [5.74, 6) is 0.0762. The van der Waals surface area contributed by atoms with Crippen molar-refractivity contribution in [3.8, 4) is 0 Å². The van der Waals surface area contributed by atoms with Crippen molar-refractivity contribution in [1.29, 1.82) is 0 Å². The second-order valence-corrected chi connectivity index (χ2v) is 4.51. The van der Waals surface area contributed by atoms with Crippen LogP contribution in [0.15, 0.2) is 24.3 Å². The molecular weight excluding hydrogens is 338 g/mol. The van der Waals surface area contributed by atoms with Crippen LogP contribution in [-0.4, -0.2) is 26.0 Å². The van der Waals surface area contributed by atoms with Gasteiger partial charge in [-0.2, -0.15) is 0 Å². The van der Waals surface area contributed by atoms with Crippen LogP contribution in [0.4, 0.5) is 0 Å². The maximum absolute atomic E-state index is 11.5. The molecular formula is C11H16ClIN2O. The monoisotopic (exact) mass is 354 g/mol. The highest BCUT2D eigenvalue weighted by Crippen LogP contribution is 2.07. The first-order chi connectivity index (χ1) is 7.22. The first kappa shape index (κ1) is 15.7. The molecule has 0 saturated heterocycles. The molecule has 16 heavy (non-hydrogen) atoms. The standard InChI is InChI=1S/C11H15IN2O.ClH/c1-13-5-6-14-11(15)8-9-3-2-4-10(12)7-9;/h2-4,7,13H,5-6,8H2,1H3,(H,14,15);1H. The highest BCUT2D eigenvalue weighted by molar-refractivity contribution is 14.1. The summed E-state index contributed by atoms with van der Waals surface area (Å²) in [7, 11) is 1.87. The van der Waals surface area contributed by atoms with Gasteiger partial charge in [0.2, 0.25) is 5.91 Å². The predicted octanol–water partition coefficient (Wildman–Crippen LogP) is 1.59. The van der Waals surface area contributed by atoms with Gasteiger partial charge in [0, 0.05) is 16.7 Å². The molecule has 1 aromatic rings. The lowest BCUT2D eigenvalue weighted by molar-refractivity contribution is -0.120. The summed E-state index contributed by atoms with van der Waals surface area (Å²) in [5, 5.41) is 5.83. The summed E-state index contributed by atoms with van der Waals surface area (Å²) in [6.07, 6.45) is 0.459. The molecule has 1 aromatic carbocycles. The molecule has 5 heteroatoms. The first-order valence-electron chi connectivity index (χ1n) is 4.88. The SMILES string of the molecule is CNCCNC(=O)Cc1cccc(I)c1.Cl. The van der Waals surface area contributed by atoms with E-state index in [-0.39, 0.29) is 18.3 Å². The lowest BCUT2D eigenvalue weighted by atomic mass is 10.1. The van der Waals surface area contributed by atoms with Crippen molar-refractivity contribution >= 4 is 40.9 Å². The maximum Gasteiger partial charge on any atom is 0.224 e. The summed E-state index contributed by atoms with van der Waals surface area (Å²) in [6.45, 7) is 1.48. The Kier molecular flexibility index (Phi) is 8.60. The third kappa shape index (κ3) is 6.30. The lowest BCUT2D eigenvalue weighted by Crippen LogP contribution is -2.31. The van der Waals surface area contributed by atoms with Crippen LogP contribution in [0.3, 0.4) is 0 Å². The Bertz CT molecular complexity index is 334. The summed E-state index contributed by atoms with van der Waals surface area (Å²) < 4.78 is 1.16. The third-order valence-electron chi connectivity index (χ3n) is 1.95. The molecule has 0 aliphatic carbocycles. The number of benzene rings is 1. The van der Waals surface area contributed by atoms with Crippen LogP contribution in [-0.2, 0) is 11.2 Å². The Morgan fingerprint density at radius 1 is 1.38 bits per heavy atom. The van der Waals surface area contributed by atoms with Gasteiger partial charge in [0.15, 0.2) is 0 Å². The molecule has 0 saturated carbocycles. The Hall–Kier alpha value is -0.330. The lowest BCUT2D eigenvalue weighted by Gasteiger charge is -2.04. The Balaban J connectivity index is 0.00000225. The smallest absolute Gasteiger partial charge is 0.224 e. The predicted molar refractivity (Wildman–Crippen MR) is 77.0 cm³/mol. The minimum Gasteiger partial charge on any atom is -0.355 e. The van der Waals surface area contributed by atoms with Gasteiger partial charge < -0.3 is 10.6 Å². The highest BCUT2D eigenvalue weighted by atomic mass is 127. The zero-order valence-corrected chi connectivity index (χ0v) is 12.1. The van der Waals surface area contributed by atoms with E-state index in [9.17, 15) is 4.79 Å². The van der Waals surface area contributed by atoms with Crippen molar-refractivity contribution in [3.63, 3.8) is 0 Å². The second kappa shape index (κ2) is 8.78. The molecule has 0 spiro atoms. The number of carbonyl (C=O) groups is 1. The largest absolute Gasteiger partial charge is 0.355 e. The summed E-state index contributed by atoms with van der Waals surface area (Å²) in [4.78, 5) is 11.5. The van der Waals surface area contributed by atoms with Crippen molar-refractivity contribution in [2.75, 3.05) is 20.1 Å². The third-order valence-corrected chi connectivity index (χ3v) is 2.62. The van der Waals surface area contributed by atoms with Crippen LogP contribution in [0.25, 0.3) is 0 Å². The molecule has 90 valence electrons. The van der Waals surface area contributed by atoms with Gasteiger partial charge in [0.25, 0.3) is 0 Å². The number of rotatable bonds is 5. The van der Waals surface area contributed by atoms with Gasteiger partial charge in [-0.15, -0.1) is 12.4 Å². The topological polar surface area (TPSA) is 41.1 Å². The number of likely N-dealkylation sites (N-methyl/N-ethyl adjacent to an activating group) is 1. The number of halogens is 2. The van der Waals surface area contributed by atoms with E-state index in [1.54, 1.807) is 0 Å². The van der Waals surface area contributed by atoms with Gasteiger partial charge in [-0.1, -0.05) is 12.1 Å². The quantitative estimate of drug-likeness (QED) is 0.623. The van der Waals surface area contributed by atoms with Crippen LogP contribution < -0.4 is 10.6 Å². The Morgan fingerprint density at radius 3 is 2.75 bits per heavy atom. The number of nitrogens with one attached hydrogen (secondary N) is 2. The number of carbonyl (C=O) groups excluding carboxylic acids is 1. The molecule has 1 amide bonds. The molecule has 0 unspecified atom stereocenters. The maximum atomic E-state index is 11.5. The van der Waals surface area contributed by atoms with E-state index in [4.69, 9.17) is 0 Å². The van der Waals surface area contributed by atoms with Crippen molar-refractivity contribution in [2.45, 2.75) is 6.42 Å². The Labute approximate surface area is 116 Å². The average Bonchev–Trinajstić information content (AvgIpc) is 2.18. The fourth-order valence-electron chi connectivity index (χ4n) is 1.22. The zero-order valence-electron chi connectivity index (χ0n) is 9.13. The van der Waals surface area contributed by atoms with E-state index < -0.39 is 0 Å². The minimum atomic E-state index is 0. The van der Waals surface area contributed by atoms with Gasteiger partial charge >= 0.3 is 0 Å². The fraction of sp³-hybridized carbons (Fsp3) is 0.364. The first-order valence-corrected chi connectivity index (χ1v) is 5.96. The molecule has 0 radical (unpaired) electrons. The van der Waals surface area contributed by atoms with E-state index in [0.717, 1.165) is 15.7 Å². The van der Waals surface area contributed by atoms with Crippen LogP contribution in [0.5, 0.6) is 0 Å². The summed E-state index contributed by atoms with van der Waals surface area (Å²) in [6, 6.07) is 7.99. The van der Waals surface area contributed by atoms with E-state index in [2.05, 4.69) is 33.2 Å². The van der Waals surface area contributed by atoms with E-state index in [1.165, 1.54) is 0 Å². The number of amides is 1. The molecule has 3 nitrogen and oxygen atoms in total. The van der Waals surface area contributed by atoms with Gasteiger partial charge in [0.05, 0.1) is 6.42 Å². The van der Waals surface area contributed by atoms with E-state index >= 15 is 0 Å². The van der Waals surface area contributed by atoms with Crippen LogP contribution in [0.2, 0.25) is 0 Å². The van der Waals surface area contributed by atoms with Crippen molar-refractivity contribution in [1.82, 2.24) is 10.6 Å². The molecule has 0 atom stereocenters. The van der Waals surface area contributed by atoms with E-state index in [1.807, 2.05) is 31.3 Å². The number of hydrogen-bond donors (Lipinski definition) is 2.